The summed E-state index contributed by atoms with van der Waals surface area (Å²) >= 11 is 0. The fraction of sp³-hybridized carbons (Fsp3) is 0.371. The number of halogens is 3. The summed E-state index contributed by atoms with van der Waals surface area (Å²) in [6.45, 7) is 8.51. The first-order valence-corrected chi connectivity index (χ1v) is 16.8. The van der Waals surface area contributed by atoms with Gasteiger partial charge in [-0.15, -0.1) is 0 Å². The van der Waals surface area contributed by atoms with E-state index in [1.807, 2.05) is 20.8 Å². The number of aryl methyl sites for hydroxylation is 1. The van der Waals surface area contributed by atoms with E-state index in [1.165, 1.54) is 31.6 Å². The van der Waals surface area contributed by atoms with Crippen LogP contribution in [0.25, 0.3) is 11.3 Å². The molecule has 3 aromatic heterocycles. The van der Waals surface area contributed by atoms with E-state index in [9.17, 15) is 23.5 Å². The average molecular weight is 710 g/mol. The number of nitrogens with zero attached hydrogens (tertiary/aromatic N) is 5. The minimum atomic E-state index is -2.67. The summed E-state index contributed by atoms with van der Waals surface area (Å²) in [6.07, 6.45) is 3.85. The highest BCUT2D eigenvalue weighted by atomic mass is 31.1. The maximum Gasteiger partial charge on any atom is 0.290 e. The second kappa shape index (κ2) is 14.0. The van der Waals surface area contributed by atoms with Crippen molar-refractivity contribution >= 4 is 37.3 Å². The summed E-state index contributed by atoms with van der Waals surface area (Å²) < 4.78 is 48.9. The lowest BCUT2D eigenvalue weighted by Gasteiger charge is -2.42. The van der Waals surface area contributed by atoms with Crippen LogP contribution in [0.3, 0.4) is 0 Å². The normalized spacial score (nSPS) is 14.8. The van der Waals surface area contributed by atoms with Crippen LogP contribution in [0.2, 0.25) is 0 Å². The molecule has 1 saturated heterocycles. The SMILES string of the molecule is Cn1nc(-c2ccnc(PC(=O)c3c(F)cc(C(C)(C)C)cc3C=N)c2CO)cc(Nc2ccc(OC(C)(C)CN3CC(F)(F)C3)cn2)c1=O. The van der Waals surface area contributed by atoms with Gasteiger partial charge >= 0.3 is 0 Å². The van der Waals surface area contributed by atoms with Crippen LogP contribution >= 0.6 is 8.58 Å². The van der Waals surface area contributed by atoms with Crippen LogP contribution in [0.15, 0.2) is 53.6 Å². The molecule has 0 bridgehead atoms. The van der Waals surface area contributed by atoms with E-state index in [0.29, 0.717) is 34.9 Å². The Balaban J connectivity index is 1.37. The number of benzene rings is 1. The summed E-state index contributed by atoms with van der Waals surface area (Å²) in [7, 11) is 0.786. The first kappa shape index (κ1) is 36.8. The van der Waals surface area contributed by atoms with E-state index in [2.05, 4.69) is 20.4 Å². The number of carbonyl (C=O) groups is 1. The molecule has 0 spiro atoms. The number of hydrogen-bond acceptors (Lipinski definition) is 10. The van der Waals surface area contributed by atoms with Gasteiger partial charge in [-0.2, -0.15) is 5.10 Å². The Labute approximate surface area is 289 Å². The molecule has 1 aliphatic rings. The quantitative estimate of drug-likeness (QED) is 0.134. The molecule has 1 aliphatic heterocycles. The zero-order valence-electron chi connectivity index (χ0n) is 28.6. The van der Waals surface area contributed by atoms with E-state index in [1.54, 1.807) is 43.0 Å². The van der Waals surface area contributed by atoms with Crippen molar-refractivity contribution in [2.75, 3.05) is 25.0 Å². The maximum absolute atomic E-state index is 15.3. The van der Waals surface area contributed by atoms with Gasteiger partial charge in [0.25, 0.3) is 11.5 Å². The lowest BCUT2D eigenvalue weighted by Crippen LogP contribution is -2.60. The molecule has 0 saturated carbocycles. The van der Waals surface area contributed by atoms with Crippen LogP contribution in [-0.2, 0) is 19.1 Å². The monoisotopic (exact) mass is 709 g/mol. The highest BCUT2D eigenvalue weighted by Gasteiger charge is 2.45. The number of likely N-dealkylation sites (tertiary alicyclic amines) is 1. The smallest absolute Gasteiger partial charge is 0.290 e. The summed E-state index contributed by atoms with van der Waals surface area (Å²) in [5.41, 5.74) is -0.300. The third-order valence-electron chi connectivity index (χ3n) is 8.06. The highest BCUT2D eigenvalue weighted by Crippen LogP contribution is 2.32. The fourth-order valence-corrected chi connectivity index (χ4v) is 6.78. The van der Waals surface area contributed by atoms with Crippen LogP contribution in [0.5, 0.6) is 5.75 Å². The molecule has 4 aromatic rings. The molecule has 3 N–H and O–H groups in total. The van der Waals surface area contributed by atoms with E-state index in [0.717, 1.165) is 10.9 Å². The van der Waals surface area contributed by atoms with Gasteiger partial charge in [0.15, 0.2) is 5.52 Å². The number of hydrogen-bond donors (Lipinski definition) is 3. The standard InChI is InChI=1S/C35H39F3N7O4P/c1-33(2,3)21-11-20(14-39)29(25(36)12-21)32(48)50-30-24(16-46)23(9-10-40-30)26-13-27(31(47)44(6)43-26)42-28-8-7-22(15-41-28)49-34(4,5)17-45-18-35(37,38)19-45/h7-15,39,46,50H,16-19H2,1-6H3,(H,41,42). The van der Waals surface area contributed by atoms with Crippen molar-refractivity contribution in [3.05, 3.63) is 87.2 Å². The molecule has 1 unspecified atom stereocenters. The topological polar surface area (TPSA) is 146 Å². The first-order valence-electron chi connectivity index (χ1n) is 15.8. The minimum absolute atomic E-state index is 0.120. The number of ether oxygens (including phenoxy) is 1. The first-order chi connectivity index (χ1) is 23.4. The van der Waals surface area contributed by atoms with E-state index < -0.39 is 49.0 Å². The molecule has 1 aromatic carbocycles. The van der Waals surface area contributed by atoms with Gasteiger partial charge < -0.3 is 20.6 Å². The number of alkyl halides is 2. The number of aliphatic hydroxyl groups is 1. The molecule has 0 aliphatic carbocycles. The molecule has 1 atom stereocenters. The number of anilines is 2. The number of aromatic nitrogens is 4. The van der Waals surface area contributed by atoms with Crippen molar-refractivity contribution in [1.82, 2.24) is 24.6 Å². The van der Waals surface area contributed by atoms with Crippen LogP contribution < -0.4 is 21.0 Å². The van der Waals surface area contributed by atoms with Gasteiger partial charge in [0, 0.05) is 51.3 Å². The lowest BCUT2D eigenvalue weighted by molar-refractivity contribution is -0.144. The Bertz CT molecular complexity index is 1990. The lowest BCUT2D eigenvalue weighted by atomic mass is 9.85. The molecule has 11 nitrogen and oxygen atoms in total. The molecular weight excluding hydrogens is 670 g/mol. The second-order valence-corrected chi connectivity index (χ2v) is 15.0. The van der Waals surface area contributed by atoms with Gasteiger partial charge in [-0.1, -0.05) is 20.8 Å². The summed E-state index contributed by atoms with van der Waals surface area (Å²) in [5, 5.41) is 25.6. The Morgan fingerprint density at radius 3 is 2.46 bits per heavy atom. The van der Waals surface area contributed by atoms with E-state index in [-0.39, 0.29) is 40.9 Å². The minimum Gasteiger partial charge on any atom is -0.485 e. The second-order valence-electron chi connectivity index (χ2n) is 13.9. The van der Waals surface area contributed by atoms with Crippen LogP contribution in [0, 0.1) is 11.2 Å². The summed E-state index contributed by atoms with van der Waals surface area (Å²) in [4.78, 5) is 36.8. The number of pyridine rings is 2. The van der Waals surface area contributed by atoms with Gasteiger partial charge in [-0.05, 0) is 61.2 Å². The third kappa shape index (κ3) is 8.26. The zero-order chi connectivity index (χ0) is 36.6. The van der Waals surface area contributed by atoms with Crippen molar-refractivity contribution in [1.29, 1.82) is 5.41 Å². The molecule has 264 valence electrons. The van der Waals surface area contributed by atoms with Gasteiger partial charge in [0.05, 0.1) is 42.6 Å². The van der Waals surface area contributed by atoms with Crippen molar-refractivity contribution in [2.45, 2.75) is 58.2 Å². The molecule has 50 heavy (non-hydrogen) atoms. The number of aliphatic hydroxyl groups excluding tert-OH is 1. The maximum atomic E-state index is 15.3. The van der Waals surface area contributed by atoms with Gasteiger partial charge in [0.2, 0.25) is 0 Å². The van der Waals surface area contributed by atoms with Crippen LogP contribution in [-0.4, -0.2) is 72.7 Å². The average Bonchev–Trinajstić information content (AvgIpc) is 3.01. The summed E-state index contributed by atoms with van der Waals surface area (Å²) in [6, 6.07) is 9.27. The predicted octanol–water partition coefficient (Wildman–Crippen LogP) is 5.16. The van der Waals surface area contributed by atoms with Crippen molar-refractivity contribution in [2.24, 2.45) is 7.05 Å². The Morgan fingerprint density at radius 1 is 1.14 bits per heavy atom. The van der Waals surface area contributed by atoms with E-state index >= 15 is 4.39 Å². The Kier molecular flexibility index (Phi) is 10.3. The highest BCUT2D eigenvalue weighted by molar-refractivity contribution is 7.66. The van der Waals surface area contributed by atoms with E-state index in [4.69, 9.17) is 10.1 Å². The molecule has 4 heterocycles. The number of carbonyl (C=O) groups excluding carboxylic acids is 1. The van der Waals surface area contributed by atoms with Gasteiger partial charge in [-0.3, -0.25) is 19.5 Å². The van der Waals surface area contributed by atoms with Crippen molar-refractivity contribution < 1.29 is 27.8 Å². The molecule has 0 amide bonds. The molecule has 5 rings (SSSR count). The molecule has 1 fully saturated rings. The van der Waals surface area contributed by atoms with Crippen LogP contribution in [0.1, 0.15) is 61.7 Å². The largest absolute Gasteiger partial charge is 0.485 e. The zero-order valence-corrected chi connectivity index (χ0v) is 29.6. The summed E-state index contributed by atoms with van der Waals surface area (Å²) in [5.74, 6) is -2.67. The molecular formula is C35H39F3N7O4P. The molecule has 15 heteroatoms. The third-order valence-corrected chi connectivity index (χ3v) is 9.21. The Hall–Kier alpha value is -4.52. The number of nitrogens with one attached hydrogen (secondary N) is 2. The van der Waals surface area contributed by atoms with Crippen molar-refractivity contribution in [3.63, 3.8) is 0 Å². The Morgan fingerprint density at radius 2 is 1.86 bits per heavy atom. The van der Waals surface area contributed by atoms with Crippen LogP contribution in [0.4, 0.5) is 24.7 Å². The predicted molar refractivity (Wildman–Crippen MR) is 188 cm³/mol. The fourth-order valence-electron chi connectivity index (χ4n) is 5.68. The number of rotatable bonds is 12. The van der Waals surface area contributed by atoms with Gasteiger partial charge in [-0.25, -0.2) is 22.8 Å². The van der Waals surface area contributed by atoms with Crippen molar-refractivity contribution in [3.8, 4) is 17.0 Å². The molecule has 0 radical (unpaired) electrons. The van der Waals surface area contributed by atoms with Gasteiger partial charge in [0.1, 0.15) is 28.7 Å².